The third kappa shape index (κ3) is 4.46. The van der Waals surface area contributed by atoms with E-state index < -0.39 is 18.1 Å². The van der Waals surface area contributed by atoms with Crippen molar-refractivity contribution >= 4 is 27.8 Å². The lowest BCUT2D eigenvalue weighted by Crippen LogP contribution is -2.55. The summed E-state index contributed by atoms with van der Waals surface area (Å²) < 4.78 is 11.9. The molecule has 6 atom stereocenters. The summed E-state index contributed by atoms with van der Waals surface area (Å²) in [6.45, 7) is 5.99. The van der Waals surface area contributed by atoms with Crippen LogP contribution in [0.4, 0.5) is 0 Å². The van der Waals surface area contributed by atoms with Gasteiger partial charge in [0.05, 0.1) is 18.7 Å². The van der Waals surface area contributed by atoms with Crippen molar-refractivity contribution in [1.29, 1.82) is 0 Å². The summed E-state index contributed by atoms with van der Waals surface area (Å²) in [7, 11) is 1.65. The van der Waals surface area contributed by atoms with E-state index in [9.17, 15) is 4.79 Å². The molecular weight excluding hydrogens is 476 g/mol. The summed E-state index contributed by atoms with van der Waals surface area (Å²) in [5, 5.41) is 2.00. The lowest BCUT2D eigenvalue weighted by atomic mass is 9.73. The average molecular weight is 511 g/mol. The number of aromatic nitrogens is 2. The number of nitrogens with two attached hydrogens (primary N) is 1. The number of ether oxygens (including phenoxy) is 2. The van der Waals surface area contributed by atoms with E-state index in [-0.39, 0.29) is 6.04 Å². The molecule has 7 heteroatoms. The van der Waals surface area contributed by atoms with Crippen molar-refractivity contribution in [1.82, 2.24) is 14.9 Å². The van der Waals surface area contributed by atoms with Crippen LogP contribution in [0.15, 0.2) is 73.6 Å². The van der Waals surface area contributed by atoms with Crippen molar-refractivity contribution < 1.29 is 14.3 Å². The first-order chi connectivity index (χ1) is 18.6. The number of pyridine rings is 1. The van der Waals surface area contributed by atoms with Gasteiger partial charge in [-0.3, -0.25) is 14.7 Å². The van der Waals surface area contributed by atoms with Crippen molar-refractivity contribution in [2.75, 3.05) is 20.2 Å². The summed E-state index contributed by atoms with van der Waals surface area (Å²) in [4.78, 5) is 23.9. The summed E-state index contributed by atoms with van der Waals surface area (Å²) in [6.07, 6.45) is 7.81. The van der Waals surface area contributed by atoms with E-state index in [2.05, 4.69) is 27.5 Å². The minimum Gasteiger partial charge on any atom is -0.497 e. The standard InChI is InChI=1S/C31H34N4O3/c1-3-19-18-35-13-11-20(19)15-29(35)30(24-10-12-33-28-9-8-22(37-2)16-25(24)28)38-31(36)26(32)14-21-17-34-27-7-5-4-6-23(21)27/h3-10,12,16-17,19-20,26,29-30,34H,1,11,13-15,18,32H2,2H3/t19-,20-,26-,29-,30+/m0/s1. The van der Waals surface area contributed by atoms with E-state index in [1.165, 1.54) is 0 Å². The van der Waals surface area contributed by atoms with E-state index in [1.54, 1.807) is 13.3 Å². The SMILES string of the molecule is C=C[C@H]1CN2CC[C@H]1C[C@H]2[C@H](OC(=O)[C@@H](N)Cc1c[nH]c2ccccc12)c1ccnc2ccc(OC)cc12. The molecule has 1 unspecified atom stereocenters. The number of H-pyrrole nitrogens is 1. The zero-order chi connectivity index (χ0) is 26.2. The predicted octanol–water partition coefficient (Wildman–Crippen LogP) is 4.78. The highest BCUT2D eigenvalue weighted by Crippen LogP contribution is 2.43. The monoisotopic (exact) mass is 510 g/mol. The third-order valence-electron chi connectivity index (χ3n) is 8.45. The van der Waals surface area contributed by atoms with Crippen LogP contribution in [0, 0.1) is 11.8 Å². The Morgan fingerprint density at radius 2 is 2.13 bits per heavy atom. The maximum Gasteiger partial charge on any atom is 0.323 e. The van der Waals surface area contributed by atoms with Crippen LogP contribution in [0.25, 0.3) is 21.8 Å². The lowest BCUT2D eigenvalue weighted by molar-refractivity contribution is -0.158. The van der Waals surface area contributed by atoms with E-state index >= 15 is 0 Å². The van der Waals surface area contributed by atoms with Crippen molar-refractivity contribution in [2.45, 2.75) is 37.5 Å². The van der Waals surface area contributed by atoms with E-state index in [0.29, 0.717) is 18.3 Å². The van der Waals surface area contributed by atoms with Gasteiger partial charge in [-0.2, -0.15) is 0 Å². The molecule has 0 aliphatic carbocycles. The largest absolute Gasteiger partial charge is 0.497 e. The second-order valence-electron chi connectivity index (χ2n) is 10.6. The van der Waals surface area contributed by atoms with Crippen molar-refractivity contribution in [2.24, 2.45) is 17.6 Å². The van der Waals surface area contributed by atoms with Crippen LogP contribution in [0.3, 0.4) is 0 Å². The second-order valence-corrected chi connectivity index (χ2v) is 10.6. The molecule has 196 valence electrons. The number of esters is 1. The summed E-state index contributed by atoms with van der Waals surface area (Å²) >= 11 is 0. The molecule has 0 saturated carbocycles. The van der Waals surface area contributed by atoms with Crippen LogP contribution in [0.5, 0.6) is 5.75 Å². The number of nitrogens with one attached hydrogen (secondary N) is 1. The maximum atomic E-state index is 13.6. The highest BCUT2D eigenvalue weighted by Gasteiger charge is 2.44. The number of fused-ring (bicyclic) bond motifs is 5. The fraction of sp³-hybridized carbons (Fsp3) is 0.355. The Bertz CT molecular complexity index is 1480. The predicted molar refractivity (Wildman–Crippen MR) is 149 cm³/mol. The number of nitrogens with zero attached hydrogens (tertiary/aromatic N) is 2. The molecule has 2 bridgehead atoms. The van der Waals surface area contributed by atoms with Crippen LogP contribution in [-0.2, 0) is 16.0 Å². The van der Waals surface area contributed by atoms with Gasteiger partial charge in [-0.1, -0.05) is 24.3 Å². The Morgan fingerprint density at radius 3 is 2.92 bits per heavy atom. The molecule has 7 nitrogen and oxygen atoms in total. The normalized spacial score (nSPS) is 24.3. The van der Waals surface area contributed by atoms with Crippen LogP contribution < -0.4 is 10.5 Å². The van der Waals surface area contributed by atoms with E-state index in [0.717, 1.165) is 64.6 Å². The van der Waals surface area contributed by atoms with Crippen LogP contribution >= 0.6 is 0 Å². The highest BCUT2D eigenvalue weighted by atomic mass is 16.5. The van der Waals surface area contributed by atoms with Gasteiger partial charge in [-0.15, -0.1) is 6.58 Å². The number of carbonyl (C=O) groups excluding carboxylic acids is 1. The molecular formula is C31H34N4O3. The molecule has 5 heterocycles. The molecule has 38 heavy (non-hydrogen) atoms. The topological polar surface area (TPSA) is 93.5 Å². The van der Waals surface area contributed by atoms with Gasteiger partial charge in [0.2, 0.25) is 0 Å². The first-order valence-electron chi connectivity index (χ1n) is 13.4. The van der Waals surface area contributed by atoms with Crippen LogP contribution in [0.1, 0.15) is 30.1 Å². The van der Waals surface area contributed by atoms with Gasteiger partial charge in [0.15, 0.2) is 0 Å². The number of methoxy groups -OCH3 is 1. The highest BCUT2D eigenvalue weighted by molar-refractivity contribution is 5.86. The van der Waals surface area contributed by atoms with E-state index in [1.807, 2.05) is 54.7 Å². The van der Waals surface area contributed by atoms with Gasteiger partial charge in [0.1, 0.15) is 17.9 Å². The van der Waals surface area contributed by atoms with Gasteiger partial charge in [-0.25, -0.2) is 0 Å². The number of benzene rings is 2. The molecule has 4 aromatic rings. The first kappa shape index (κ1) is 24.6. The summed E-state index contributed by atoms with van der Waals surface area (Å²) in [5.74, 6) is 1.35. The minimum absolute atomic E-state index is 0.0611. The molecule has 3 fully saturated rings. The van der Waals surface area contributed by atoms with E-state index in [4.69, 9.17) is 15.2 Å². The number of aromatic amines is 1. The van der Waals surface area contributed by atoms with Crippen LogP contribution in [-0.4, -0.2) is 53.1 Å². The van der Waals surface area contributed by atoms with Crippen molar-refractivity contribution in [3.8, 4) is 5.75 Å². The molecule has 3 saturated heterocycles. The molecule has 0 amide bonds. The van der Waals surface area contributed by atoms with Gasteiger partial charge < -0.3 is 20.2 Å². The Hall–Kier alpha value is -3.68. The van der Waals surface area contributed by atoms with Gasteiger partial charge in [0, 0.05) is 47.2 Å². The number of para-hydroxylation sites is 1. The Balaban J connectivity index is 1.33. The lowest BCUT2D eigenvalue weighted by Gasteiger charge is -2.51. The third-order valence-corrected chi connectivity index (χ3v) is 8.45. The smallest absolute Gasteiger partial charge is 0.323 e. The molecule has 0 spiro atoms. The maximum absolute atomic E-state index is 13.6. The Labute approximate surface area is 222 Å². The molecule has 2 aromatic carbocycles. The van der Waals surface area contributed by atoms with Crippen LogP contribution in [0.2, 0.25) is 0 Å². The van der Waals surface area contributed by atoms with Gasteiger partial charge >= 0.3 is 5.97 Å². The summed E-state index contributed by atoms with van der Waals surface area (Å²) in [6, 6.07) is 15.1. The minimum atomic E-state index is -0.781. The zero-order valence-electron chi connectivity index (χ0n) is 21.7. The molecule has 3 aliphatic heterocycles. The van der Waals surface area contributed by atoms with Gasteiger partial charge in [-0.05, 0) is 67.1 Å². The molecule has 7 rings (SSSR count). The quantitative estimate of drug-likeness (QED) is 0.262. The average Bonchev–Trinajstić information content (AvgIpc) is 3.38. The number of piperidine rings is 3. The fourth-order valence-electron chi connectivity index (χ4n) is 6.40. The fourth-order valence-corrected chi connectivity index (χ4v) is 6.40. The molecule has 2 aromatic heterocycles. The molecule has 0 radical (unpaired) electrons. The van der Waals surface area contributed by atoms with Gasteiger partial charge in [0.25, 0.3) is 0 Å². The van der Waals surface area contributed by atoms with Crippen molar-refractivity contribution in [3.63, 3.8) is 0 Å². The number of hydrogen-bond donors (Lipinski definition) is 2. The number of hydrogen-bond acceptors (Lipinski definition) is 6. The molecule has 3 aliphatic rings. The second kappa shape index (κ2) is 10.2. The Kier molecular flexibility index (Phi) is 6.64. The number of rotatable bonds is 8. The first-order valence-corrected chi connectivity index (χ1v) is 13.4. The van der Waals surface area contributed by atoms with Crippen molar-refractivity contribution in [3.05, 3.63) is 84.7 Å². The zero-order valence-corrected chi connectivity index (χ0v) is 21.7. The number of carbonyl (C=O) groups is 1. The Morgan fingerprint density at radius 1 is 1.26 bits per heavy atom. The molecule has 3 N–H and O–H groups in total. The summed E-state index contributed by atoms with van der Waals surface area (Å²) in [5.41, 5.74) is 10.3.